The Balaban J connectivity index is 2.42. The molecule has 0 radical (unpaired) electrons. The number of aromatic nitrogens is 1. The summed E-state index contributed by atoms with van der Waals surface area (Å²) in [6, 6.07) is 8.26. The smallest absolute Gasteiger partial charge is 0.313 e. The summed E-state index contributed by atoms with van der Waals surface area (Å²) in [5.74, 6) is -0.189. The summed E-state index contributed by atoms with van der Waals surface area (Å²) in [6.07, 6.45) is 2.12. The maximum atomic E-state index is 11.9. The van der Waals surface area contributed by atoms with Crippen molar-refractivity contribution in [3.8, 4) is 0 Å². The summed E-state index contributed by atoms with van der Waals surface area (Å²) in [4.78, 5) is 11.9. The van der Waals surface area contributed by atoms with Crippen molar-refractivity contribution in [3.63, 3.8) is 0 Å². The molecular formula is C16H22N2O2. The molecule has 1 aromatic carbocycles. The standard InChI is InChI=1S/C16H22N2O2/c1-16(2,15(19)20-4)11-18-10-12(9-17-3)13-7-5-6-8-14(13)18/h5-8,10,17H,9,11H2,1-4H3. The van der Waals surface area contributed by atoms with E-state index in [2.05, 4.69) is 28.2 Å². The first-order valence-electron chi connectivity index (χ1n) is 6.79. The van der Waals surface area contributed by atoms with Crippen molar-refractivity contribution >= 4 is 16.9 Å². The lowest BCUT2D eigenvalue weighted by Crippen LogP contribution is -2.30. The second kappa shape index (κ2) is 5.67. The molecule has 1 aromatic heterocycles. The summed E-state index contributed by atoms with van der Waals surface area (Å²) in [5.41, 5.74) is 1.84. The lowest BCUT2D eigenvalue weighted by molar-refractivity contribution is -0.151. The Morgan fingerprint density at radius 2 is 2.05 bits per heavy atom. The SMILES string of the molecule is CNCc1cn(CC(C)(C)C(=O)OC)c2ccccc12. The lowest BCUT2D eigenvalue weighted by atomic mass is 9.93. The van der Waals surface area contributed by atoms with Gasteiger partial charge in [-0.25, -0.2) is 0 Å². The fraction of sp³-hybridized carbons (Fsp3) is 0.438. The summed E-state index contributed by atoms with van der Waals surface area (Å²) < 4.78 is 7.03. The molecule has 2 aromatic rings. The van der Waals surface area contributed by atoms with Crippen molar-refractivity contribution in [1.82, 2.24) is 9.88 Å². The van der Waals surface area contributed by atoms with Crippen LogP contribution in [-0.4, -0.2) is 24.7 Å². The van der Waals surface area contributed by atoms with Crippen LogP contribution < -0.4 is 5.32 Å². The van der Waals surface area contributed by atoms with E-state index >= 15 is 0 Å². The zero-order valence-corrected chi connectivity index (χ0v) is 12.6. The zero-order chi connectivity index (χ0) is 14.8. The number of ether oxygens (including phenoxy) is 1. The summed E-state index contributed by atoms with van der Waals surface area (Å²) in [7, 11) is 3.37. The van der Waals surface area contributed by atoms with E-state index in [0.717, 1.165) is 12.1 Å². The van der Waals surface area contributed by atoms with Crippen LogP contribution in [0.4, 0.5) is 0 Å². The zero-order valence-electron chi connectivity index (χ0n) is 12.6. The Bertz CT molecular complexity index is 614. The van der Waals surface area contributed by atoms with Crippen molar-refractivity contribution in [2.45, 2.75) is 26.9 Å². The number of para-hydroxylation sites is 1. The fourth-order valence-electron chi connectivity index (χ4n) is 2.55. The molecule has 0 spiro atoms. The molecule has 0 bridgehead atoms. The van der Waals surface area contributed by atoms with Crippen LogP contribution in [-0.2, 0) is 22.6 Å². The minimum atomic E-state index is -0.548. The summed E-state index contributed by atoms with van der Waals surface area (Å²) in [6.45, 7) is 5.23. The molecule has 4 nitrogen and oxygen atoms in total. The van der Waals surface area contributed by atoms with Crippen LogP contribution in [0.1, 0.15) is 19.4 Å². The summed E-state index contributed by atoms with van der Waals surface area (Å²) in [5, 5.41) is 4.41. The predicted octanol–water partition coefficient (Wildman–Crippen LogP) is 2.56. The number of hydrogen-bond acceptors (Lipinski definition) is 3. The molecule has 1 N–H and O–H groups in total. The molecule has 0 saturated carbocycles. The van der Waals surface area contributed by atoms with Crippen molar-refractivity contribution < 1.29 is 9.53 Å². The average Bonchev–Trinajstić information content (AvgIpc) is 2.76. The molecule has 1 heterocycles. The van der Waals surface area contributed by atoms with Gasteiger partial charge in [-0.3, -0.25) is 4.79 Å². The van der Waals surface area contributed by atoms with Gasteiger partial charge in [0.05, 0.1) is 12.5 Å². The third-order valence-electron chi connectivity index (χ3n) is 3.54. The minimum Gasteiger partial charge on any atom is -0.469 e. The fourth-order valence-corrected chi connectivity index (χ4v) is 2.55. The normalized spacial score (nSPS) is 11.8. The molecule has 0 unspecified atom stereocenters. The van der Waals surface area contributed by atoms with Gasteiger partial charge in [-0.1, -0.05) is 18.2 Å². The van der Waals surface area contributed by atoms with Gasteiger partial charge in [0.25, 0.3) is 0 Å². The van der Waals surface area contributed by atoms with Gasteiger partial charge in [0, 0.05) is 30.2 Å². The van der Waals surface area contributed by atoms with Crippen LogP contribution >= 0.6 is 0 Å². The van der Waals surface area contributed by atoms with Gasteiger partial charge < -0.3 is 14.6 Å². The van der Waals surface area contributed by atoms with E-state index in [1.807, 2.05) is 33.0 Å². The van der Waals surface area contributed by atoms with Gasteiger partial charge in [0.15, 0.2) is 0 Å². The Labute approximate surface area is 119 Å². The molecule has 0 amide bonds. The van der Waals surface area contributed by atoms with Crippen LogP contribution in [0, 0.1) is 5.41 Å². The van der Waals surface area contributed by atoms with E-state index < -0.39 is 5.41 Å². The van der Waals surface area contributed by atoms with Crippen LogP contribution in [0.3, 0.4) is 0 Å². The van der Waals surface area contributed by atoms with Crippen molar-refractivity contribution in [1.29, 1.82) is 0 Å². The number of nitrogens with one attached hydrogen (secondary N) is 1. The highest BCUT2D eigenvalue weighted by Crippen LogP contribution is 2.26. The third-order valence-corrected chi connectivity index (χ3v) is 3.54. The molecule has 0 aliphatic rings. The van der Waals surface area contributed by atoms with Crippen LogP contribution in [0.2, 0.25) is 0 Å². The van der Waals surface area contributed by atoms with Crippen LogP contribution in [0.5, 0.6) is 0 Å². The molecule has 4 heteroatoms. The van der Waals surface area contributed by atoms with Crippen molar-refractivity contribution in [2.75, 3.05) is 14.2 Å². The number of rotatable bonds is 5. The quantitative estimate of drug-likeness (QED) is 0.852. The Morgan fingerprint density at radius 1 is 1.35 bits per heavy atom. The molecular weight excluding hydrogens is 252 g/mol. The monoisotopic (exact) mass is 274 g/mol. The number of hydrogen-bond donors (Lipinski definition) is 1. The van der Waals surface area contributed by atoms with E-state index in [1.165, 1.54) is 18.1 Å². The van der Waals surface area contributed by atoms with Gasteiger partial charge in [0.2, 0.25) is 0 Å². The number of benzene rings is 1. The van der Waals surface area contributed by atoms with Crippen molar-refractivity contribution in [3.05, 3.63) is 36.0 Å². The Morgan fingerprint density at radius 3 is 2.70 bits per heavy atom. The maximum absolute atomic E-state index is 11.9. The van der Waals surface area contributed by atoms with Gasteiger partial charge in [-0.2, -0.15) is 0 Å². The van der Waals surface area contributed by atoms with E-state index in [4.69, 9.17) is 4.74 Å². The molecule has 0 aliphatic heterocycles. The average molecular weight is 274 g/mol. The van der Waals surface area contributed by atoms with Gasteiger partial charge in [-0.15, -0.1) is 0 Å². The summed E-state index contributed by atoms with van der Waals surface area (Å²) >= 11 is 0. The first kappa shape index (κ1) is 14.6. The van der Waals surface area contributed by atoms with E-state index in [-0.39, 0.29) is 5.97 Å². The third kappa shape index (κ3) is 2.70. The Kier molecular flexibility index (Phi) is 4.14. The maximum Gasteiger partial charge on any atom is 0.313 e. The van der Waals surface area contributed by atoms with E-state index in [0.29, 0.717) is 6.54 Å². The highest BCUT2D eigenvalue weighted by Gasteiger charge is 2.29. The van der Waals surface area contributed by atoms with Gasteiger partial charge in [-0.05, 0) is 32.5 Å². The lowest BCUT2D eigenvalue weighted by Gasteiger charge is -2.22. The van der Waals surface area contributed by atoms with E-state index in [9.17, 15) is 4.79 Å². The molecule has 0 fully saturated rings. The molecule has 20 heavy (non-hydrogen) atoms. The van der Waals surface area contributed by atoms with Gasteiger partial charge >= 0.3 is 5.97 Å². The molecule has 108 valence electrons. The second-order valence-corrected chi connectivity index (χ2v) is 5.71. The molecule has 0 atom stereocenters. The highest BCUT2D eigenvalue weighted by atomic mass is 16.5. The molecule has 0 saturated heterocycles. The number of esters is 1. The van der Waals surface area contributed by atoms with Crippen molar-refractivity contribution in [2.24, 2.45) is 5.41 Å². The largest absolute Gasteiger partial charge is 0.469 e. The number of carbonyl (C=O) groups is 1. The topological polar surface area (TPSA) is 43.3 Å². The number of fused-ring (bicyclic) bond motifs is 1. The van der Waals surface area contributed by atoms with Gasteiger partial charge in [0.1, 0.15) is 0 Å². The second-order valence-electron chi connectivity index (χ2n) is 5.71. The Hall–Kier alpha value is -1.81. The number of methoxy groups -OCH3 is 1. The first-order chi connectivity index (χ1) is 9.49. The minimum absolute atomic E-state index is 0.189. The molecule has 2 rings (SSSR count). The number of nitrogens with zero attached hydrogens (tertiary/aromatic N) is 1. The predicted molar refractivity (Wildman–Crippen MR) is 80.5 cm³/mol. The number of carbonyl (C=O) groups excluding carboxylic acids is 1. The van der Waals surface area contributed by atoms with Crippen LogP contribution in [0.15, 0.2) is 30.5 Å². The van der Waals surface area contributed by atoms with E-state index in [1.54, 1.807) is 0 Å². The first-order valence-corrected chi connectivity index (χ1v) is 6.79. The van der Waals surface area contributed by atoms with Crippen LogP contribution in [0.25, 0.3) is 10.9 Å². The molecule has 0 aliphatic carbocycles. The highest BCUT2D eigenvalue weighted by molar-refractivity contribution is 5.84.